The van der Waals surface area contributed by atoms with Gasteiger partial charge in [0.05, 0.1) is 4.90 Å². The molecule has 3 rings (SSSR count). The van der Waals surface area contributed by atoms with E-state index in [9.17, 15) is 8.42 Å². The smallest absolute Gasteiger partial charge is 0.210 e. The van der Waals surface area contributed by atoms with Crippen LogP contribution >= 0.6 is 0 Å². The highest BCUT2D eigenvalue weighted by atomic mass is 32.2. The van der Waals surface area contributed by atoms with E-state index in [1.807, 2.05) is 6.07 Å². The number of fused-ring (bicyclic) bond motifs is 1. The lowest BCUT2D eigenvalue weighted by Crippen LogP contribution is -2.11. The van der Waals surface area contributed by atoms with Gasteiger partial charge in [0.1, 0.15) is 10.7 Å². The van der Waals surface area contributed by atoms with Crippen LogP contribution in [0.2, 0.25) is 0 Å². The molecule has 0 amide bonds. The molecule has 1 aromatic carbocycles. The van der Waals surface area contributed by atoms with E-state index in [0.717, 1.165) is 49.9 Å². The zero-order chi connectivity index (χ0) is 17.3. The highest BCUT2D eigenvalue weighted by Crippen LogP contribution is 2.38. The maximum atomic E-state index is 13.2. The van der Waals surface area contributed by atoms with Crippen molar-refractivity contribution in [2.45, 2.75) is 62.3 Å². The molecule has 0 aliphatic heterocycles. The summed E-state index contributed by atoms with van der Waals surface area (Å²) in [4.78, 5) is 0.679. The van der Waals surface area contributed by atoms with Crippen LogP contribution in [-0.2, 0) is 29.2 Å². The third kappa shape index (κ3) is 2.97. The number of aromatic nitrogens is 1. The van der Waals surface area contributed by atoms with E-state index >= 15 is 0 Å². The van der Waals surface area contributed by atoms with Gasteiger partial charge < -0.3 is 10.3 Å². The molecule has 130 valence electrons. The molecule has 5 heteroatoms. The van der Waals surface area contributed by atoms with Gasteiger partial charge in [0.15, 0.2) is 0 Å². The molecule has 0 bridgehead atoms. The summed E-state index contributed by atoms with van der Waals surface area (Å²) in [7, 11) is -3.57. The van der Waals surface area contributed by atoms with Crippen molar-refractivity contribution in [3.05, 3.63) is 41.6 Å². The van der Waals surface area contributed by atoms with Crippen molar-refractivity contribution in [1.29, 1.82) is 0 Å². The molecule has 0 unspecified atom stereocenters. The van der Waals surface area contributed by atoms with Gasteiger partial charge in [0.25, 0.3) is 0 Å². The number of benzene rings is 1. The molecule has 2 N–H and O–H groups in total. The Labute approximate surface area is 144 Å². The Hall–Kier alpha value is -1.75. The second kappa shape index (κ2) is 6.63. The Morgan fingerprint density at radius 1 is 1.12 bits per heavy atom. The first-order chi connectivity index (χ1) is 11.4. The standard InChI is InChI=1S/C19H26N2O2S/c1-14(2)12-13-21-17-11-7-6-10-16(17)18(19(21)20)24(22,23)15-8-4-3-5-9-15/h3-5,8-9,14H,6-7,10-13,20H2,1-2H3. The largest absolute Gasteiger partial charge is 0.384 e. The zero-order valence-corrected chi connectivity index (χ0v) is 15.3. The van der Waals surface area contributed by atoms with Gasteiger partial charge >= 0.3 is 0 Å². The van der Waals surface area contributed by atoms with Gasteiger partial charge in [-0.05, 0) is 55.7 Å². The Kier molecular flexibility index (Phi) is 4.72. The third-order valence-electron chi connectivity index (χ3n) is 4.81. The van der Waals surface area contributed by atoms with Crippen molar-refractivity contribution in [3.8, 4) is 0 Å². The molecule has 1 heterocycles. The molecular formula is C19H26N2O2S. The van der Waals surface area contributed by atoms with E-state index < -0.39 is 9.84 Å². The van der Waals surface area contributed by atoms with Gasteiger partial charge in [0.2, 0.25) is 9.84 Å². The number of hydrogen-bond acceptors (Lipinski definition) is 3. The van der Waals surface area contributed by atoms with Gasteiger partial charge in [0, 0.05) is 12.2 Å². The first-order valence-corrected chi connectivity index (χ1v) is 10.2. The summed E-state index contributed by atoms with van der Waals surface area (Å²) in [5.41, 5.74) is 8.46. The van der Waals surface area contributed by atoms with Gasteiger partial charge in [-0.25, -0.2) is 8.42 Å². The van der Waals surface area contributed by atoms with Crippen LogP contribution in [0.3, 0.4) is 0 Å². The molecule has 24 heavy (non-hydrogen) atoms. The number of hydrogen-bond donors (Lipinski definition) is 1. The van der Waals surface area contributed by atoms with Crippen molar-refractivity contribution in [2.75, 3.05) is 5.73 Å². The summed E-state index contributed by atoms with van der Waals surface area (Å²) in [6, 6.07) is 8.63. The summed E-state index contributed by atoms with van der Waals surface area (Å²) in [5.74, 6) is 0.978. The van der Waals surface area contributed by atoms with Crippen LogP contribution in [0, 0.1) is 5.92 Å². The Bertz CT molecular complexity index is 821. The van der Waals surface area contributed by atoms with Crippen molar-refractivity contribution < 1.29 is 8.42 Å². The molecule has 0 atom stereocenters. The fourth-order valence-corrected chi connectivity index (χ4v) is 5.20. The summed E-state index contributed by atoms with van der Waals surface area (Å²) in [6.45, 7) is 5.14. The van der Waals surface area contributed by atoms with E-state index in [1.165, 1.54) is 0 Å². The van der Waals surface area contributed by atoms with E-state index in [0.29, 0.717) is 21.5 Å². The maximum absolute atomic E-state index is 13.2. The summed E-state index contributed by atoms with van der Waals surface area (Å²) >= 11 is 0. The average Bonchev–Trinajstić information content (AvgIpc) is 2.85. The molecule has 1 aliphatic rings. The van der Waals surface area contributed by atoms with Crippen molar-refractivity contribution in [2.24, 2.45) is 5.92 Å². The number of rotatable bonds is 5. The number of sulfone groups is 1. The first kappa shape index (κ1) is 17.1. The second-order valence-electron chi connectivity index (χ2n) is 7.00. The first-order valence-electron chi connectivity index (χ1n) is 8.72. The monoisotopic (exact) mass is 346 g/mol. The molecule has 2 aromatic rings. The Balaban J connectivity index is 2.14. The van der Waals surface area contributed by atoms with Crippen LogP contribution in [0.4, 0.5) is 5.82 Å². The molecule has 0 saturated heterocycles. The molecular weight excluding hydrogens is 320 g/mol. The van der Waals surface area contributed by atoms with Crippen LogP contribution in [0.25, 0.3) is 0 Å². The number of nitrogen functional groups attached to an aromatic ring is 1. The van der Waals surface area contributed by atoms with Crippen LogP contribution in [0.5, 0.6) is 0 Å². The van der Waals surface area contributed by atoms with Gasteiger partial charge in [-0.15, -0.1) is 0 Å². The molecule has 0 saturated carbocycles. The minimum absolute atomic E-state index is 0.325. The fourth-order valence-electron chi connectivity index (χ4n) is 3.51. The van der Waals surface area contributed by atoms with Crippen molar-refractivity contribution >= 4 is 15.7 Å². The zero-order valence-electron chi connectivity index (χ0n) is 14.5. The summed E-state index contributed by atoms with van der Waals surface area (Å²) in [6.07, 6.45) is 4.84. The van der Waals surface area contributed by atoms with E-state index in [-0.39, 0.29) is 0 Å². The number of anilines is 1. The summed E-state index contributed by atoms with van der Waals surface area (Å²) < 4.78 is 28.4. The normalized spacial score (nSPS) is 14.8. The van der Waals surface area contributed by atoms with Crippen LogP contribution in [0.1, 0.15) is 44.4 Å². The Morgan fingerprint density at radius 3 is 2.46 bits per heavy atom. The van der Waals surface area contributed by atoms with Crippen LogP contribution in [0.15, 0.2) is 40.1 Å². The maximum Gasteiger partial charge on any atom is 0.210 e. The molecule has 1 aliphatic carbocycles. The molecule has 1 aromatic heterocycles. The average molecular weight is 346 g/mol. The van der Waals surface area contributed by atoms with E-state index in [2.05, 4.69) is 18.4 Å². The molecule has 0 radical (unpaired) electrons. The number of nitrogens with zero attached hydrogens (tertiary/aromatic N) is 1. The predicted molar refractivity (Wildman–Crippen MR) is 96.8 cm³/mol. The topological polar surface area (TPSA) is 65.1 Å². The lowest BCUT2D eigenvalue weighted by atomic mass is 9.98. The lowest BCUT2D eigenvalue weighted by Gasteiger charge is -2.16. The van der Waals surface area contributed by atoms with Crippen molar-refractivity contribution in [3.63, 3.8) is 0 Å². The third-order valence-corrected chi connectivity index (χ3v) is 6.70. The van der Waals surface area contributed by atoms with E-state index in [1.54, 1.807) is 24.3 Å². The summed E-state index contributed by atoms with van der Waals surface area (Å²) in [5, 5.41) is 0. The minimum Gasteiger partial charge on any atom is -0.384 e. The molecule has 4 nitrogen and oxygen atoms in total. The predicted octanol–water partition coefficient (Wildman–Crippen LogP) is 3.83. The van der Waals surface area contributed by atoms with Gasteiger partial charge in [-0.3, -0.25) is 0 Å². The van der Waals surface area contributed by atoms with Gasteiger partial charge in [-0.1, -0.05) is 32.0 Å². The highest BCUT2D eigenvalue weighted by molar-refractivity contribution is 7.91. The molecule has 0 fully saturated rings. The fraction of sp³-hybridized carbons (Fsp3) is 0.474. The second-order valence-corrected chi connectivity index (χ2v) is 8.88. The minimum atomic E-state index is -3.57. The van der Waals surface area contributed by atoms with E-state index in [4.69, 9.17) is 5.73 Å². The Morgan fingerprint density at radius 2 is 1.79 bits per heavy atom. The molecule has 0 spiro atoms. The highest BCUT2D eigenvalue weighted by Gasteiger charge is 2.32. The van der Waals surface area contributed by atoms with Gasteiger partial charge in [-0.2, -0.15) is 0 Å². The quantitative estimate of drug-likeness (QED) is 0.895. The van der Waals surface area contributed by atoms with Crippen molar-refractivity contribution in [1.82, 2.24) is 4.57 Å². The number of nitrogens with two attached hydrogens (primary N) is 1. The lowest BCUT2D eigenvalue weighted by molar-refractivity contribution is 0.503. The van der Waals surface area contributed by atoms with Crippen LogP contribution in [-0.4, -0.2) is 13.0 Å². The van der Waals surface area contributed by atoms with Crippen LogP contribution < -0.4 is 5.73 Å². The SMILES string of the molecule is CC(C)CCn1c(N)c(S(=O)(=O)c2ccccc2)c2c1CCCC2.